The Kier molecular flexibility index (Phi) is 5.48. The summed E-state index contributed by atoms with van der Waals surface area (Å²) in [6.45, 7) is 3.23. The van der Waals surface area contributed by atoms with Crippen molar-refractivity contribution in [1.29, 1.82) is 0 Å². The Morgan fingerprint density at radius 3 is 2.82 bits per heavy atom. The zero-order valence-electron chi connectivity index (χ0n) is 15.6. The normalized spacial score (nSPS) is 20.1. The number of rotatable bonds is 4. The number of benzene rings is 1. The Morgan fingerprint density at radius 2 is 2.07 bits per heavy atom. The van der Waals surface area contributed by atoms with Crippen LogP contribution in [0.15, 0.2) is 23.1 Å². The molecule has 0 spiro atoms. The van der Waals surface area contributed by atoms with E-state index < -0.39 is 15.9 Å². The first-order valence-corrected chi connectivity index (χ1v) is 12.1. The second kappa shape index (κ2) is 7.74. The van der Waals surface area contributed by atoms with Crippen molar-refractivity contribution in [1.82, 2.24) is 9.29 Å². The van der Waals surface area contributed by atoms with E-state index in [2.05, 4.69) is 17.2 Å². The molecule has 1 atom stereocenters. The first-order chi connectivity index (χ1) is 13.3. The highest BCUT2D eigenvalue weighted by Gasteiger charge is 2.28. The van der Waals surface area contributed by atoms with E-state index in [0.717, 1.165) is 37.8 Å². The fourth-order valence-electron chi connectivity index (χ4n) is 3.67. The monoisotopic (exact) mass is 439 g/mol. The molecule has 1 aliphatic carbocycles. The molecule has 1 aromatic heterocycles. The second-order valence-electron chi connectivity index (χ2n) is 7.44. The number of hydrogen-bond donors (Lipinski definition) is 1. The van der Waals surface area contributed by atoms with Crippen LogP contribution in [0.2, 0.25) is 5.02 Å². The quantitative estimate of drug-likeness (QED) is 0.781. The number of nitrogens with zero attached hydrogens (tertiary/aromatic N) is 2. The van der Waals surface area contributed by atoms with Gasteiger partial charge >= 0.3 is 0 Å². The van der Waals surface area contributed by atoms with Crippen molar-refractivity contribution in [2.45, 2.75) is 43.9 Å². The minimum atomic E-state index is -3.61. The molecule has 1 aliphatic heterocycles. The maximum Gasteiger partial charge on any atom is 0.259 e. The molecule has 2 aromatic rings. The molecule has 6 nitrogen and oxygen atoms in total. The van der Waals surface area contributed by atoms with Gasteiger partial charge in [-0.3, -0.25) is 10.1 Å². The molecule has 28 heavy (non-hydrogen) atoms. The van der Waals surface area contributed by atoms with Crippen LogP contribution >= 0.6 is 22.9 Å². The van der Waals surface area contributed by atoms with Crippen molar-refractivity contribution in [3.63, 3.8) is 0 Å². The predicted molar refractivity (Wildman–Crippen MR) is 111 cm³/mol. The van der Waals surface area contributed by atoms with Crippen LogP contribution in [0.25, 0.3) is 0 Å². The lowest BCUT2D eigenvalue weighted by Crippen LogP contribution is -2.28. The third kappa shape index (κ3) is 3.83. The van der Waals surface area contributed by atoms with E-state index >= 15 is 0 Å². The highest BCUT2D eigenvalue weighted by Crippen LogP contribution is 2.33. The number of carbonyl (C=O) groups is 1. The summed E-state index contributed by atoms with van der Waals surface area (Å²) in [7, 11) is -3.61. The molecule has 2 heterocycles. The maximum atomic E-state index is 12.8. The summed E-state index contributed by atoms with van der Waals surface area (Å²) in [5, 5.41) is 3.55. The van der Waals surface area contributed by atoms with E-state index in [-0.39, 0.29) is 15.5 Å². The molecule has 1 N–H and O–H groups in total. The smallest absolute Gasteiger partial charge is 0.259 e. The highest BCUT2D eigenvalue weighted by atomic mass is 35.5. The molecule has 1 aromatic carbocycles. The summed E-state index contributed by atoms with van der Waals surface area (Å²) in [4.78, 5) is 18.6. The largest absolute Gasteiger partial charge is 0.298 e. The second-order valence-corrected chi connectivity index (χ2v) is 10.9. The van der Waals surface area contributed by atoms with Gasteiger partial charge in [-0.15, -0.1) is 11.3 Å². The van der Waals surface area contributed by atoms with Gasteiger partial charge in [0.25, 0.3) is 5.91 Å². The molecular formula is C19H22ClN3O3S2. The van der Waals surface area contributed by atoms with E-state index in [1.165, 1.54) is 38.7 Å². The Labute approximate surface area is 174 Å². The summed E-state index contributed by atoms with van der Waals surface area (Å²) >= 11 is 7.69. The van der Waals surface area contributed by atoms with E-state index in [1.54, 1.807) is 0 Å². The third-order valence-corrected chi connectivity index (χ3v) is 8.55. The summed E-state index contributed by atoms with van der Waals surface area (Å²) in [6.07, 6.45) is 4.72. The lowest BCUT2D eigenvalue weighted by molar-refractivity contribution is 0.102. The summed E-state index contributed by atoms with van der Waals surface area (Å²) in [5.74, 6) is 0.182. The Balaban J connectivity index is 1.58. The van der Waals surface area contributed by atoms with Crippen molar-refractivity contribution in [2.75, 3.05) is 18.4 Å². The number of carbonyl (C=O) groups excluding carboxylic acids is 1. The van der Waals surface area contributed by atoms with Crippen molar-refractivity contribution in [3.05, 3.63) is 39.4 Å². The van der Waals surface area contributed by atoms with Gasteiger partial charge in [-0.25, -0.2) is 13.4 Å². The van der Waals surface area contributed by atoms with Crippen LogP contribution in [-0.2, 0) is 22.9 Å². The van der Waals surface area contributed by atoms with Crippen LogP contribution in [-0.4, -0.2) is 36.7 Å². The van der Waals surface area contributed by atoms with Gasteiger partial charge in [-0.1, -0.05) is 18.5 Å². The topological polar surface area (TPSA) is 79.4 Å². The molecule has 0 radical (unpaired) electrons. The van der Waals surface area contributed by atoms with E-state index in [9.17, 15) is 13.2 Å². The van der Waals surface area contributed by atoms with Gasteiger partial charge in [0, 0.05) is 18.0 Å². The number of aromatic nitrogens is 1. The van der Waals surface area contributed by atoms with Crippen molar-refractivity contribution < 1.29 is 13.2 Å². The van der Waals surface area contributed by atoms with Crippen molar-refractivity contribution >= 4 is 44.0 Å². The molecular weight excluding hydrogens is 418 g/mol. The van der Waals surface area contributed by atoms with Gasteiger partial charge in [0.15, 0.2) is 5.13 Å². The van der Waals surface area contributed by atoms with Crippen LogP contribution in [0.5, 0.6) is 0 Å². The lowest BCUT2D eigenvalue weighted by Gasteiger charge is -2.16. The number of anilines is 1. The molecule has 1 amide bonds. The molecule has 150 valence electrons. The van der Waals surface area contributed by atoms with Gasteiger partial charge in [-0.2, -0.15) is 4.31 Å². The molecule has 1 saturated heterocycles. The van der Waals surface area contributed by atoms with Crippen LogP contribution in [0, 0.1) is 5.92 Å². The first kappa shape index (κ1) is 19.8. The highest BCUT2D eigenvalue weighted by molar-refractivity contribution is 7.89. The minimum Gasteiger partial charge on any atom is -0.298 e. The van der Waals surface area contributed by atoms with Gasteiger partial charge in [0.1, 0.15) is 0 Å². The zero-order valence-corrected chi connectivity index (χ0v) is 18.0. The summed E-state index contributed by atoms with van der Waals surface area (Å²) in [6, 6.07) is 4.28. The Bertz CT molecular complexity index is 1010. The number of fused-ring (bicyclic) bond motifs is 1. The number of sulfonamides is 1. The summed E-state index contributed by atoms with van der Waals surface area (Å²) < 4.78 is 27.0. The third-order valence-electron chi connectivity index (χ3n) is 5.29. The van der Waals surface area contributed by atoms with Crippen LogP contribution in [0.3, 0.4) is 0 Å². The fourth-order valence-corrected chi connectivity index (χ4v) is 6.59. The zero-order chi connectivity index (χ0) is 19.9. The van der Waals surface area contributed by atoms with E-state index in [0.29, 0.717) is 24.1 Å². The van der Waals surface area contributed by atoms with Crippen LogP contribution in [0.4, 0.5) is 5.13 Å². The number of halogens is 1. The number of amides is 1. The Hall–Kier alpha value is -1.48. The lowest BCUT2D eigenvalue weighted by atomic mass is 9.93. The average molecular weight is 440 g/mol. The van der Waals surface area contributed by atoms with Gasteiger partial charge in [0.05, 0.1) is 21.2 Å². The van der Waals surface area contributed by atoms with Crippen LogP contribution < -0.4 is 5.32 Å². The first-order valence-electron chi connectivity index (χ1n) is 9.44. The molecule has 9 heteroatoms. The molecule has 4 rings (SSSR count). The fraction of sp³-hybridized carbons (Fsp3) is 0.474. The van der Waals surface area contributed by atoms with E-state index in [1.807, 2.05) is 0 Å². The maximum absolute atomic E-state index is 12.8. The number of aryl methyl sites for hydroxylation is 1. The molecule has 0 saturated carbocycles. The molecule has 1 fully saturated rings. The average Bonchev–Trinajstić information content (AvgIpc) is 3.31. The Morgan fingerprint density at radius 1 is 1.32 bits per heavy atom. The predicted octanol–water partition coefficient (Wildman–Crippen LogP) is 3.96. The molecule has 2 aliphatic rings. The SMILES string of the molecule is CC1CCc2nc(NC(=O)c3cc(S(=O)(=O)N4CCCC4)ccc3Cl)sc2C1. The molecule has 1 unspecified atom stereocenters. The number of hydrogen-bond acceptors (Lipinski definition) is 5. The van der Waals surface area contributed by atoms with Crippen molar-refractivity contribution in [2.24, 2.45) is 5.92 Å². The van der Waals surface area contributed by atoms with Crippen molar-refractivity contribution in [3.8, 4) is 0 Å². The summed E-state index contributed by atoms with van der Waals surface area (Å²) in [5.41, 5.74) is 1.19. The van der Waals surface area contributed by atoms with E-state index in [4.69, 9.17) is 11.6 Å². The van der Waals surface area contributed by atoms with Gasteiger partial charge in [0.2, 0.25) is 10.0 Å². The standard InChI is InChI=1S/C19H22ClN3O3S2/c1-12-4-7-16-17(10-12)27-19(21-16)22-18(24)14-11-13(5-6-15(14)20)28(25,26)23-8-2-3-9-23/h5-6,11-12H,2-4,7-10H2,1H3,(H,21,22,24). The minimum absolute atomic E-state index is 0.0937. The van der Waals surface area contributed by atoms with Gasteiger partial charge < -0.3 is 0 Å². The van der Waals surface area contributed by atoms with Crippen LogP contribution in [0.1, 0.15) is 47.1 Å². The molecule has 0 bridgehead atoms. The number of thiazole rings is 1. The van der Waals surface area contributed by atoms with Gasteiger partial charge in [-0.05, 0) is 56.2 Å². The number of nitrogens with one attached hydrogen (secondary N) is 1.